The van der Waals surface area contributed by atoms with Gasteiger partial charge in [0.25, 0.3) is 0 Å². The summed E-state index contributed by atoms with van der Waals surface area (Å²) in [5.74, 6) is -1.98. The molecular weight excluding hydrogens is 353 g/mol. The van der Waals surface area contributed by atoms with Gasteiger partial charge in [-0.05, 0) is 37.1 Å². The molecule has 5 nitrogen and oxygen atoms in total. The number of carbonyl (C=O) groups excluding carboxylic acids is 2. The van der Waals surface area contributed by atoms with Crippen LogP contribution in [0.1, 0.15) is 36.0 Å². The predicted molar refractivity (Wildman–Crippen MR) is 94.3 cm³/mol. The number of halogens is 1. The number of hydrogen-bond acceptors (Lipinski definition) is 6. The van der Waals surface area contributed by atoms with Crippen molar-refractivity contribution in [2.75, 3.05) is 5.75 Å². The third kappa shape index (κ3) is 3.23. The average molecular weight is 369 g/mol. The summed E-state index contributed by atoms with van der Waals surface area (Å²) in [4.78, 5) is 24.9. The maximum atomic E-state index is 13.0. The molecule has 0 aromatic heterocycles. The maximum Gasteiger partial charge on any atom is 0.195 e. The molecule has 1 aromatic carbocycles. The minimum atomic E-state index is -0.878. The van der Waals surface area contributed by atoms with Gasteiger partial charge in [0.2, 0.25) is 0 Å². The Balaban J connectivity index is 1.82. The largest absolute Gasteiger partial charge is 0.371 e. The maximum absolute atomic E-state index is 13.0. The molecule has 0 saturated heterocycles. The molecule has 1 aliphatic carbocycles. The number of nitrogens with zero attached hydrogens (tertiary/aromatic N) is 2. The highest BCUT2D eigenvalue weighted by Crippen LogP contribution is 2.43. The van der Waals surface area contributed by atoms with Crippen LogP contribution >= 0.6 is 11.8 Å². The van der Waals surface area contributed by atoms with Gasteiger partial charge >= 0.3 is 0 Å². The van der Waals surface area contributed by atoms with Gasteiger partial charge in [-0.15, -0.1) is 0 Å². The molecule has 1 spiro atoms. The van der Waals surface area contributed by atoms with Crippen molar-refractivity contribution in [1.29, 1.82) is 10.5 Å². The Hall–Kier alpha value is -2.64. The zero-order chi connectivity index (χ0) is 18.7. The Morgan fingerprint density at radius 3 is 2.50 bits per heavy atom. The zero-order valence-corrected chi connectivity index (χ0v) is 14.7. The van der Waals surface area contributed by atoms with E-state index in [-0.39, 0.29) is 17.1 Å². The lowest BCUT2D eigenvalue weighted by atomic mass is 9.76. The van der Waals surface area contributed by atoms with Crippen LogP contribution in [0.4, 0.5) is 4.39 Å². The van der Waals surface area contributed by atoms with Gasteiger partial charge in [-0.2, -0.15) is 10.5 Å². The van der Waals surface area contributed by atoms with E-state index in [0.717, 1.165) is 24.6 Å². The number of ketones is 2. The molecule has 3 rings (SSSR count). The highest BCUT2D eigenvalue weighted by molar-refractivity contribution is 8.03. The SMILES string of the molecule is N#CC1=C(SCC(=O)c2ccc(F)cc2)NC2(CCCC2)[C@H](C#N)C1=O. The zero-order valence-electron chi connectivity index (χ0n) is 13.9. The first-order chi connectivity index (χ1) is 12.5. The summed E-state index contributed by atoms with van der Waals surface area (Å²) in [5.41, 5.74) is -0.371. The molecule has 1 atom stereocenters. The highest BCUT2D eigenvalue weighted by atomic mass is 32.2. The second-order valence-corrected chi connectivity index (χ2v) is 7.43. The van der Waals surface area contributed by atoms with E-state index in [0.29, 0.717) is 23.4 Å². The molecule has 1 saturated carbocycles. The van der Waals surface area contributed by atoms with E-state index < -0.39 is 23.1 Å². The number of nitriles is 2. The smallest absolute Gasteiger partial charge is 0.195 e. The summed E-state index contributed by atoms with van der Waals surface area (Å²) in [6.07, 6.45) is 3.19. The van der Waals surface area contributed by atoms with Crippen LogP contribution in [0, 0.1) is 34.4 Å². The van der Waals surface area contributed by atoms with E-state index >= 15 is 0 Å². The Bertz CT molecular complexity index is 858. The molecule has 0 unspecified atom stereocenters. The summed E-state index contributed by atoms with van der Waals surface area (Å²) in [6.45, 7) is 0. The van der Waals surface area contributed by atoms with Crippen molar-refractivity contribution in [2.45, 2.75) is 31.2 Å². The van der Waals surface area contributed by atoms with Crippen molar-refractivity contribution in [1.82, 2.24) is 5.32 Å². The van der Waals surface area contributed by atoms with Crippen molar-refractivity contribution in [3.8, 4) is 12.1 Å². The number of nitrogens with one attached hydrogen (secondary N) is 1. The van der Waals surface area contributed by atoms with Gasteiger partial charge in [0.15, 0.2) is 11.6 Å². The summed E-state index contributed by atoms with van der Waals surface area (Å²) in [5, 5.41) is 22.4. The van der Waals surface area contributed by atoms with E-state index in [1.165, 1.54) is 24.3 Å². The number of hydrogen-bond donors (Lipinski definition) is 1. The fourth-order valence-electron chi connectivity index (χ4n) is 3.54. The van der Waals surface area contributed by atoms with E-state index in [4.69, 9.17) is 0 Å². The average Bonchev–Trinajstić information content (AvgIpc) is 3.09. The third-order valence-corrected chi connectivity index (χ3v) is 5.90. The molecule has 7 heteroatoms. The molecule has 1 aromatic rings. The minimum Gasteiger partial charge on any atom is -0.371 e. The lowest BCUT2D eigenvalue weighted by molar-refractivity contribution is -0.120. The summed E-state index contributed by atoms with van der Waals surface area (Å²) in [6, 6.07) is 9.17. The first-order valence-electron chi connectivity index (χ1n) is 8.29. The molecule has 0 bridgehead atoms. The highest BCUT2D eigenvalue weighted by Gasteiger charge is 2.50. The van der Waals surface area contributed by atoms with Crippen molar-refractivity contribution >= 4 is 23.3 Å². The van der Waals surface area contributed by atoms with Crippen LogP contribution < -0.4 is 5.32 Å². The fraction of sp³-hybridized carbons (Fsp3) is 0.368. The van der Waals surface area contributed by atoms with Crippen LogP contribution in [-0.2, 0) is 4.79 Å². The van der Waals surface area contributed by atoms with E-state index in [2.05, 4.69) is 11.4 Å². The molecule has 0 amide bonds. The minimum absolute atomic E-state index is 0.0136. The first-order valence-corrected chi connectivity index (χ1v) is 9.27. The second kappa shape index (κ2) is 7.31. The summed E-state index contributed by atoms with van der Waals surface area (Å²) < 4.78 is 13.0. The number of Topliss-reactive ketones (excluding diaryl/α,β-unsaturated/α-hetero) is 2. The number of rotatable bonds is 4. The summed E-state index contributed by atoms with van der Waals surface area (Å²) >= 11 is 1.09. The monoisotopic (exact) mass is 369 g/mol. The number of benzene rings is 1. The van der Waals surface area contributed by atoms with Gasteiger partial charge in [0, 0.05) is 5.56 Å². The van der Waals surface area contributed by atoms with Crippen LogP contribution in [0.5, 0.6) is 0 Å². The Morgan fingerprint density at radius 1 is 1.27 bits per heavy atom. The van der Waals surface area contributed by atoms with Gasteiger partial charge in [0.1, 0.15) is 23.4 Å². The normalized spacial score (nSPS) is 21.2. The van der Waals surface area contributed by atoms with Crippen molar-refractivity contribution < 1.29 is 14.0 Å². The lowest BCUT2D eigenvalue weighted by Gasteiger charge is -2.39. The fourth-order valence-corrected chi connectivity index (χ4v) is 4.55. The number of thioether (sulfide) groups is 1. The lowest BCUT2D eigenvalue weighted by Crippen LogP contribution is -2.54. The van der Waals surface area contributed by atoms with E-state index in [1.54, 1.807) is 0 Å². The molecule has 1 N–H and O–H groups in total. The third-order valence-electron chi connectivity index (χ3n) is 4.90. The van der Waals surface area contributed by atoms with Crippen LogP contribution in [0.15, 0.2) is 34.9 Å². The molecule has 1 aliphatic heterocycles. The topological polar surface area (TPSA) is 93.8 Å². The Kier molecular flexibility index (Phi) is 5.11. The molecule has 1 fully saturated rings. The Labute approximate surface area is 154 Å². The molecule has 1 heterocycles. The van der Waals surface area contributed by atoms with Gasteiger partial charge in [-0.25, -0.2) is 4.39 Å². The quantitative estimate of drug-likeness (QED) is 0.820. The first kappa shape index (κ1) is 18.2. The molecule has 26 heavy (non-hydrogen) atoms. The van der Waals surface area contributed by atoms with E-state index in [1.807, 2.05) is 6.07 Å². The number of allylic oxidation sites excluding steroid dienone is 1. The van der Waals surface area contributed by atoms with Crippen molar-refractivity contribution in [3.63, 3.8) is 0 Å². The van der Waals surface area contributed by atoms with E-state index in [9.17, 15) is 24.5 Å². The second-order valence-electron chi connectivity index (χ2n) is 6.45. The molecule has 2 aliphatic rings. The molecular formula is C19H16FN3O2S. The van der Waals surface area contributed by atoms with Crippen LogP contribution in [-0.4, -0.2) is 22.9 Å². The van der Waals surface area contributed by atoms with Crippen LogP contribution in [0.3, 0.4) is 0 Å². The van der Waals surface area contributed by atoms with Crippen LogP contribution in [0.25, 0.3) is 0 Å². The van der Waals surface area contributed by atoms with Crippen LogP contribution in [0.2, 0.25) is 0 Å². The standard InChI is InChI=1S/C19H16FN3O2S/c20-13-5-3-12(4-6-13)16(24)11-26-18-14(9-21)17(25)15(10-22)19(23-18)7-1-2-8-19/h3-6,15,23H,1-2,7-8,11H2/t15-/m1/s1. The molecule has 0 radical (unpaired) electrons. The summed E-state index contributed by atoms with van der Waals surface area (Å²) in [7, 11) is 0. The van der Waals surface area contributed by atoms with Gasteiger partial charge < -0.3 is 5.32 Å². The van der Waals surface area contributed by atoms with Gasteiger partial charge in [-0.1, -0.05) is 24.6 Å². The van der Waals surface area contributed by atoms with Crippen molar-refractivity contribution in [2.24, 2.45) is 5.92 Å². The molecule has 132 valence electrons. The predicted octanol–water partition coefficient (Wildman–Crippen LogP) is 3.10. The Morgan fingerprint density at radius 2 is 1.92 bits per heavy atom. The van der Waals surface area contributed by atoms with Crippen molar-refractivity contribution in [3.05, 3.63) is 46.2 Å². The number of carbonyl (C=O) groups is 2. The van der Waals surface area contributed by atoms with Gasteiger partial charge in [0.05, 0.1) is 22.4 Å². The van der Waals surface area contributed by atoms with Gasteiger partial charge in [-0.3, -0.25) is 9.59 Å².